The van der Waals surface area contributed by atoms with E-state index in [0.29, 0.717) is 26.1 Å². The van der Waals surface area contributed by atoms with Gasteiger partial charge in [0.05, 0.1) is 56.2 Å². The van der Waals surface area contributed by atoms with Crippen LogP contribution < -0.4 is 0 Å². The molecule has 0 aromatic rings. The highest BCUT2D eigenvalue weighted by Crippen LogP contribution is 2.20. The van der Waals surface area contributed by atoms with Crippen LogP contribution in [0.5, 0.6) is 0 Å². The molecule has 0 aromatic carbocycles. The van der Waals surface area contributed by atoms with Gasteiger partial charge in [0.1, 0.15) is 16.8 Å². The van der Waals surface area contributed by atoms with Gasteiger partial charge in [-0.05, 0) is 137 Å². The van der Waals surface area contributed by atoms with Crippen molar-refractivity contribution >= 4 is 29.8 Å². The molecule has 53 heavy (non-hydrogen) atoms. The summed E-state index contributed by atoms with van der Waals surface area (Å²) in [6.07, 6.45) is 2.70. The zero-order valence-corrected chi connectivity index (χ0v) is 38.1. The molecule has 0 heterocycles. The molecule has 0 fully saturated rings. The highest BCUT2D eigenvalue weighted by molar-refractivity contribution is 5.78. The first-order valence-corrected chi connectivity index (χ1v) is 18.5. The minimum Gasteiger partial charge on any atom is -0.469 e. The Morgan fingerprint density at radius 1 is 0.415 bits per heavy atom. The Kier molecular flexibility index (Phi) is 32.2. The van der Waals surface area contributed by atoms with Gasteiger partial charge < -0.3 is 33.2 Å². The van der Waals surface area contributed by atoms with Crippen molar-refractivity contribution in [1.82, 2.24) is 0 Å². The zero-order chi connectivity index (χ0) is 43.5. The van der Waals surface area contributed by atoms with Gasteiger partial charge in [-0.2, -0.15) is 0 Å². The molecule has 0 N–H and O–H groups in total. The van der Waals surface area contributed by atoms with E-state index >= 15 is 0 Å². The van der Waals surface area contributed by atoms with Crippen LogP contribution in [0.4, 0.5) is 0 Å². The van der Waals surface area contributed by atoms with E-state index in [4.69, 9.17) is 28.4 Å². The minimum absolute atomic E-state index is 0.0156. The zero-order valence-electron chi connectivity index (χ0n) is 38.1. The number of esters is 5. The molecule has 0 aliphatic rings. The lowest BCUT2D eigenvalue weighted by Crippen LogP contribution is -2.31. The molecule has 0 atom stereocenters. The highest BCUT2D eigenvalue weighted by atomic mass is 16.6. The second kappa shape index (κ2) is 28.7. The molecule has 0 radical (unpaired) electrons. The second-order valence-corrected chi connectivity index (χ2v) is 18.0. The lowest BCUT2D eigenvalue weighted by molar-refractivity contribution is -0.164. The van der Waals surface area contributed by atoms with Gasteiger partial charge >= 0.3 is 29.8 Å². The van der Waals surface area contributed by atoms with Crippen molar-refractivity contribution in [2.45, 2.75) is 205 Å². The maximum Gasteiger partial charge on any atom is 0.311 e. The predicted molar refractivity (Wildman–Crippen MR) is 211 cm³/mol. The molecule has 0 amide bonds. The van der Waals surface area contributed by atoms with E-state index in [1.807, 2.05) is 76.2 Å². The monoisotopic (exact) mass is 767 g/mol. The van der Waals surface area contributed by atoms with Crippen molar-refractivity contribution in [3.05, 3.63) is 0 Å². The van der Waals surface area contributed by atoms with E-state index < -0.39 is 11.0 Å². The number of methoxy groups -OCH3 is 2. The number of hydrogen-bond acceptors (Lipinski definition) is 12. The molecule has 318 valence electrons. The third-order valence-electron chi connectivity index (χ3n) is 4.66. The second-order valence-electron chi connectivity index (χ2n) is 18.0. The topological polar surface area (TPSA) is 150 Å². The van der Waals surface area contributed by atoms with Crippen LogP contribution >= 0.6 is 0 Å². The molecule has 12 nitrogen and oxygen atoms in total. The summed E-state index contributed by atoms with van der Waals surface area (Å²) in [5.74, 6) is -1.19. The summed E-state index contributed by atoms with van der Waals surface area (Å²) < 4.78 is 34.8. The van der Waals surface area contributed by atoms with Crippen LogP contribution in [0.1, 0.15) is 177 Å². The summed E-state index contributed by atoms with van der Waals surface area (Å²) in [4.78, 5) is 54.6. The summed E-state index contributed by atoms with van der Waals surface area (Å²) in [5.41, 5.74) is -1.68. The smallest absolute Gasteiger partial charge is 0.311 e. The molecule has 0 saturated heterocycles. The fourth-order valence-corrected chi connectivity index (χ4v) is 3.12. The SMILES string of the molecule is CC(C)(C)OC(=O)C(C)(C)C.CC(C)(C)OC(C)(C)C.CCCC(=O)OC.CCCOC(=O)CCC(=O)OC(C)(C)C.COCCC(=O)OC(C)(C)C. The van der Waals surface area contributed by atoms with Gasteiger partial charge in [-0.25, -0.2) is 0 Å². The Labute approximate surface area is 324 Å². The number of rotatable bonds is 10. The Morgan fingerprint density at radius 2 is 0.792 bits per heavy atom. The van der Waals surface area contributed by atoms with Crippen LogP contribution in [0.15, 0.2) is 0 Å². The fourth-order valence-electron chi connectivity index (χ4n) is 3.12. The summed E-state index contributed by atoms with van der Waals surface area (Å²) in [6, 6.07) is 0. The highest BCUT2D eigenvalue weighted by Gasteiger charge is 2.27. The molecule has 0 bridgehead atoms. The lowest BCUT2D eigenvalue weighted by Gasteiger charge is -2.30. The van der Waals surface area contributed by atoms with Gasteiger partial charge in [0, 0.05) is 13.5 Å². The Bertz CT molecular complexity index is 979. The van der Waals surface area contributed by atoms with Crippen molar-refractivity contribution in [2.75, 3.05) is 27.4 Å². The van der Waals surface area contributed by atoms with Crippen LogP contribution in [-0.4, -0.2) is 85.3 Å². The van der Waals surface area contributed by atoms with Gasteiger partial charge in [0.2, 0.25) is 0 Å². The number of hydrogen-bond donors (Lipinski definition) is 0. The Hall–Kier alpha value is -2.73. The largest absolute Gasteiger partial charge is 0.469 e. The molecule has 0 aromatic heterocycles. The predicted octanol–water partition coefficient (Wildman–Crippen LogP) is 9.36. The molecule has 0 saturated carbocycles. The summed E-state index contributed by atoms with van der Waals surface area (Å²) in [7, 11) is 2.96. The minimum atomic E-state index is -0.496. The van der Waals surface area contributed by atoms with Crippen molar-refractivity contribution in [3.8, 4) is 0 Å². The van der Waals surface area contributed by atoms with Crippen molar-refractivity contribution in [1.29, 1.82) is 0 Å². The molecule has 0 aliphatic heterocycles. The average molecular weight is 767 g/mol. The fraction of sp³-hybridized carbons (Fsp3) is 0.878. The maximum atomic E-state index is 11.3. The van der Waals surface area contributed by atoms with Gasteiger partial charge in [0.15, 0.2) is 0 Å². The van der Waals surface area contributed by atoms with Crippen LogP contribution in [0, 0.1) is 5.41 Å². The number of ether oxygens (including phenoxy) is 7. The standard InChI is InChI=1S/C11H20O4.C9H18O2.C8H16O3.C8H18O.C5H10O2/c1-5-8-14-9(12)6-7-10(13)15-11(2,3)4;1-8(2,3)7(10)11-9(4,5)6;1-8(2,3)11-7(9)5-6-10-4;1-7(2,3)9-8(4,5)6;1-3-4-5(6)7-2/h5-8H2,1-4H3;1-6H3;5-6H2,1-4H3;1-6H3;3-4H2,1-2H3. The van der Waals surface area contributed by atoms with E-state index in [9.17, 15) is 24.0 Å². The van der Waals surface area contributed by atoms with E-state index in [2.05, 4.69) is 46.3 Å². The van der Waals surface area contributed by atoms with E-state index in [0.717, 1.165) is 12.8 Å². The summed E-state index contributed by atoms with van der Waals surface area (Å²) in [5, 5.41) is 0. The van der Waals surface area contributed by atoms with Crippen LogP contribution in [0.25, 0.3) is 0 Å². The first kappa shape index (κ1) is 59.5. The van der Waals surface area contributed by atoms with Crippen molar-refractivity contribution < 1.29 is 57.1 Å². The third-order valence-corrected chi connectivity index (χ3v) is 4.66. The van der Waals surface area contributed by atoms with Gasteiger partial charge in [-0.15, -0.1) is 0 Å². The molecule has 0 spiro atoms. The normalized spacial score (nSPS) is 11.6. The molecule has 12 heteroatoms. The van der Waals surface area contributed by atoms with Crippen LogP contribution in [0.3, 0.4) is 0 Å². The van der Waals surface area contributed by atoms with Crippen LogP contribution in [-0.2, 0) is 57.1 Å². The maximum absolute atomic E-state index is 11.3. The van der Waals surface area contributed by atoms with Crippen molar-refractivity contribution in [2.24, 2.45) is 5.41 Å². The third kappa shape index (κ3) is 61.6. The van der Waals surface area contributed by atoms with Crippen LogP contribution in [0.2, 0.25) is 0 Å². The van der Waals surface area contributed by atoms with E-state index in [-0.39, 0.29) is 65.1 Å². The Balaban J connectivity index is -0.000000185. The van der Waals surface area contributed by atoms with E-state index in [1.54, 1.807) is 27.9 Å². The molecule has 0 aliphatic carbocycles. The Morgan fingerprint density at radius 3 is 1.02 bits per heavy atom. The summed E-state index contributed by atoms with van der Waals surface area (Å²) in [6.45, 7) is 39.2. The number of carbonyl (C=O) groups is 5. The van der Waals surface area contributed by atoms with Crippen molar-refractivity contribution in [3.63, 3.8) is 0 Å². The molecular weight excluding hydrogens is 684 g/mol. The van der Waals surface area contributed by atoms with E-state index in [1.165, 1.54) is 7.11 Å². The van der Waals surface area contributed by atoms with Gasteiger partial charge in [0.25, 0.3) is 0 Å². The molecule has 0 rings (SSSR count). The number of carbonyl (C=O) groups excluding carboxylic acids is 5. The quantitative estimate of drug-likeness (QED) is 0.154. The molecular formula is C41H82O12. The van der Waals surface area contributed by atoms with Gasteiger partial charge in [-0.1, -0.05) is 13.8 Å². The average Bonchev–Trinajstić information content (AvgIpc) is 2.90. The van der Waals surface area contributed by atoms with Gasteiger partial charge in [-0.3, -0.25) is 24.0 Å². The first-order chi connectivity index (χ1) is 23.4. The first-order valence-electron chi connectivity index (χ1n) is 18.5. The lowest BCUT2D eigenvalue weighted by atomic mass is 9.97. The molecule has 0 unspecified atom stereocenters. The summed E-state index contributed by atoms with van der Waals surface area (Å²) >= 11 is 0.